The Labute approximate surface area is 136 Å². The van der Waals surface area contributed by atoms with E-state index in [0.717, 1.165) is 22.3 Å². The van der Waals surface area contributed by atoms with Crippen LogP contribution in [0.25, 0.3) is 11.6 Å². The number of hydrogen-bond acceptors (Lipinski definition) is 0. The number of benzene rings is 3. The van der Waals surface area contributed by atoms with Gasteiger partial charge in [-0.2, -0.15) is 0 Å². The summed E-state index contributed by atoms with van der Waals surface area (Å²) in [5.74, 6) is -0.215. The molecule has 0 aliphatic rings. The SMILES string of the molecule is Cc1ccc(/C=C(\c2ccc(C)cc2)c2ccc(F)cc2)cc1. The largest absolute Gasteiger partial charge is 0.207 e. The van der Waals surface area contributed by atoms with Gasteiger partial charge in [0.25, 0.3) is 0 Å². The maximum absolute atomic E-state index is 13.3. The maximum Gasteiger partial charge on any atom is 0.123 e. The summed E-state index contributed by atoms with van der Waals surface area (Å²) < 4.78 is 13.3. The van der Waals surface area contributed by atoms with E-state index in [-0.39, 0.29) is 5.82 Å². The predicted octanol–water partition coefficient (Wildman–Crippen LogP) is 6.03. The van der Waals surface area contributed by atoms with Crippen LogP contribution < -0.4 is 0 Å². The first-order chi connectivity index (χ1) is 11.1. The zero-order chi connectivity index (χ0) is 16.2. The summed E-state index contributed by atoms with van der Waals surface area (Å²) in [5.41, 5.74) is 6.83. The van der Waals surface area contributed by atoms with Gasteiger partial charge in [0, 0.05) is 0 Å². The molecule has 0 aromatic heterocycles. The van der Waals surface area contributed by atoms with Crippen molar-refractivity contribution in [3.63, 3.8) is 0 Å². The fourth-order valence-electron chi connectivity index (χ4n) is 2.53. The second kappa shape index (κ2) is 6.62. The molecule has 3 aromatic carbocycles. The van der Waals surface area contributed by atoms with E-state index in [1.165, 1.54) is 23.3 Å². The molecular formula is C22H19F. The normalized spacial score (nSPS) is 11.5. The Morgan fingerprint density at radius 2 is 1.09 bits per heavy atom. The maximum atomic E-state index is 13.3. The van der Waals surface area contributed by atoms with Crippen LogP contribution in [0.5, 0.6) is 0 Å². The van der Waals surface area contributed by atoms with Gasteiger partial charge in [-0.3, -0.25) is 0 Å². The molecule has 0 aliphatic carbocycles. The molecule has 0 heterocycles. The van der Waals surface area contributed by atoms with E-state index >= 15 is 0 Å². The van der Waals surface area contributed by atoms with E-state index in [9.17, 15) is 4.39 Å². The summed E-state index contributed by atoms with van der Waals surface area (Å²) in [5, 5.41) is 0. The van der Waals surface area contributed by atoms with Gasteiger partial charge in [0.05, 0.1) is 0 Å². The lowest BCUT2D eigenvalue weighted by molar-refractivity contribution is 0.627. The highest BCUT2D eigenvalue weighted by Gasteiger charge is 2.06. The summed E-state index contributed by atoms with van der Waals surface area (Å²) in [6, 6.07) is 23.5. The average Bonchev–Trinajstić information content (AvgIpc) is 2.56. The number of rotatable bonds is 3. The minimum absolute atomic E-state index is 0.215. The Bertz CT molecular complexity index is 760. The molecule has 0 unspecified atom stereocenters. The van der Waals surface area contributed by atoms with Gasteiger partial charge in [0.2, 0.25) is 0 Å². The average molecular weight is 302 g/mol. The Kier molecular flexibility index (Phi) is 4.38. The van der Waals surface area contributed by atoms with Gasteiger partial charge in [0.1, 0.15) is 5.82 Å². The van der Waals surface area contributed by atoms with Gasteiger partial charge in [-0.25, -0.2) is 4.39 Å². The molecule has 3 aromatic rings. The number of halogens is 1. The van der Waals surface area contributed by atoms with Crippen LogP contribution in [-0.4, -0.2) is 0 Å². The lowest BCUT2D eigenvalue weighted by Crippen LogP contribution is -1.89. The van der Waals surface area contributed by atoms with E-state index in [0.29, 0.717) is 0 Å². The van der Waals surface area contributed by atoms with Gasteiger partial charge < -0.3 is 0 Å². The van der Waals surface area contributed by atoms with E-state index in [1.54, 1.807) is 0 Å². The van der Waals surface area contributed by atoms with Crippen molar-refractivity contribution < 1.29 is 4.39 Å². The molecule has 0 amide bonds. The summed E-state index contributed by atoms with van der Waals surface area (Å²) >= 11 is 0. The number of hydrogen-bond donors (Lipinski definition) is 0. The van der Waals surface area contributed by atoms with Crippen LogP contribution in [0.15, 0.2) is 72.8 Å². The smallest absolute Gasteiger partial charge is 0.123 e. The third-order valence-corrected chi connectivity index (χ3v) is 3.91. The van der Waals surface area contributed by atoms with Crippen LogP contribution in [-0.2, 0) is 0 Å². The van der Waals surface area contributed by atoms with E-state index in [4.69, 9.17) is 0 Å². The molecule has 114 valence electrons. The molecule has 0 aliphatic heterocycles. The highest BCUT2D eigenvalue weighted by atomic mass is 19.1. The van der Waals surface area contributed by atoms with Crippen LogP contribution in [0.2, 0.25) is 0 Å². The Hall–Kier alpha value is -2.67. The van der Waals surface area contributed by atoms with Gasteiger partial charge >= 0.3 is 0 Å². The van der Waals surface area contributed by atoms with Gasteiger partial charge in [-0.05, 0) is 54.3 Å². The summed E-state index contributed by atoms with van der Waals surface area (Å²) in [4.78, 5) is 0. The molecule has 0 spiro atoms. The quantitative estimate of drug-likeness (QED) is 0.518. The lowest BCUT2D eigenvalue weighted by Gasteiger charge is -2.10. The minimum atomic E-state index is -0.215. The molecule has 0 N–H and O–H groups in total. The minimum Gasteiger partial charge on any atom is -0.207 e. The van der Waals surface area contributed by atoms with Crippen molar-refractivity contribution in [3.05, 3.63) is 106 Å². The molecule has 0 nitrogen and oxygen atoms in total. The third kappa shape index (κ3) is 3.75. The van der Waals surface area contributed by atoms with E-state index in [1.807, 2.05) is 12.1 Å². The van der Waals surface area contributed by atoms with Crippen molar-refractivity contribution in [2.45, 2.75) is 13.8 Å². The Balaban J connectivity index is 2.10. The summed E-state index contributed by atoms with van der Waals surface area (Å²) in [6.07, 6.45) is 2.15. The fraction of sp³-hybridized carbons (Fsp3) is 0.0909. The molecule has 0 saturated heterocycles. The van der Waals surface area contributed by atoms with Crippen molar-refractivity contribution in [1.29, 1.82) is 0 Å². The first kappa shape index (κ1) is 15.2. The van der Waals surface area contributed by atoms with Crippen LogP contribution in [0.4, 0.5) is 4.39 Å². The van der Waals surface area contributed by atoms with Crippen molar-refractivity contribution in [3.8, 4) is 0 Å². The van der Waals surface area contributed by atoms with Gasteiger partial charge in [-0.15, -0.1) is 0 Å². The van der Waals surface area contributed by atoms with Crippen molar-refractivity contribution in [2.75, 3.05) is 0 Å². The molecule has 1 heteroatoms. The standard InChI is InChI=1S/C22H19F/c1-16-3-7-18(8-4-16)15-22(19-9-5-17(2)6-10-19)20-11-13-21(23)14-12-20/h3-15H,1-2H3/b22-15+. The highest BCUT2D eigenvalue weighted by Crippen LogP contribution is 2.26. The van der Waals surface area contributed by atoms with Gasteiger partial charge in [-0.1, -0.05) is 71.8 Å². The van der Waals surface area contributed by atoms with E-state index in [2.05, 4.69) is 68.5 Å². The Morgan fingerprint density at radius 3 is 1.61 bits per heavy atom. The zero-order valence-electron chi connectivity index (χ0n) is 13.4. The second-order valence-corrected chi connectivity index (χ2v) is 5.84. The molecule has 0 saturated carbocycles. The molecule has 0 atom stereocenters. The van der Waals surface area contributed by atoms with Crippen LogP contribution in [0.3, 0.4) is 0 Å². The molecule has 0 bridgehead atoms. The highest BCUT2D eigenvalue weighted by molar-refractivity contribution is 5.91. The van der Waals surface area contributed by atoms with Crippen molar-refractivity contribution in [2.24, 2.45) is 0 Å². The topological polar surface area (TPSA) is 0 Å². The molecule has 0 radical (unpaired) electrons. The molecule has 3 rings (SSSR count). The van der Waals surface area contributed by atoms with Crippen molar-refractivity contribution in [1.82, 2.24) is 0 Å². The van der Waals surface area contributed by atoms with Crippen LogP contribution >= 0.6 is 0 Å². The van der Waals surface area contributed by atoms with Crippen LogP contribution in [0, 0.1) is 19.7 Å². The number of aryl methyl sites for hydroxylation is 2. The fourth-order valence-corrected chi connectivity index (χ4v) is 2.53. The summed E-state index contributed by atoms with van der Waals surface area (Å²) in [7, 11) is 0. The second-order valence-electron chi connectivity index (χ2n) is 5.84. The molecule has 0 fully saturated rings. The lowest BCUT2D eigenvalue weighted by atomic mass is 9.95. The van der Waals surface area contributed by atoms with Crippen LogP contribution in [0.1, 0.15) is 27.8 Å². The first-order valence-corrected chi connectivity index (χ1v) is 7.73. The third-order valence-electron chi connectivity index (χ3n) is 3.91. The monoisotopic (exact) mass is 302 g/mol. The molecular weight excluding hydrogens is 283 g/mol. The predicted molar refractivity (Wildman–Crippen MR) is 95.7 cm³/mol. The summed E-state index contributed by atoms with van der Waals surface area (Å²) in [6.45, 7) is 4.15. The Morgan fingerprint density at radius 1 is 0.652 bits per heavy atom. The van der Waals surface area contributed by atoms with Crippen molar-refractivity contribution >= 4 is 11.6 Å². The first-order valence-electron chi connectivity index (χ1n) is 7.73. The molecule has 23 heavy (non-hydrogen) atoms. The van der Waals surface area contributed by atoms with E-state index < -0.39 is 0 Å². The zero-order valence-corrected chi connectivity index (χ0v) is 13.4. The van der Waals surface area contributed by atoms with Gasteiger partial charge in [0.15, 0.2) is 0 Å².